The highest BCUT2D eigenvalue weighted by Gasteiger charge is 2.18. The van der Waals surface area contributed by atoms with Gasteiger partial charge in [0.05, 0.1) is 33.0 Å². The van der Waals surface area contributed by atoms with Gasteiger partial charge in [-0.05, 0) is 50.7 Å². The summed E-state index contributed by atoms with van der Waals surface area (Å²) in [6, 6.07) is 6.57. The smallest absolute Gasteiger partial charge is 0.123 e. The number of likely N-dealkylation sites (N-methyl/N-ethyl adjacent to an activating group) is 1. The number of ether oxygens (including phenoxy) is 3. The van der Waals surface area contributed by atoms with Gasteiger partial charge in [-0.2, -0.15) is 0 Å². The molecule has 0 saturated carbocycles. The number of benzene rings is 1. The van der Waals surface area contributed by atoms with E-state index in [4.69, 9.17) is 14.2 Å². The van der Waals surface area contributed by atoms with E-state index >= 15 is 0 Å². The molecule has 2 fully saturated rings. The molecule has 2 aliphatic rings. The lowest BCUT2D eigenvalue weighted by Gasteiger charge is -2.27. The van der Waals surface area contributed by atoms with Crippen LogP contribution < -0.4 is 4.74 Å². The molecule has 0 unspecified atom stereocenters. The predicted octanol–water partition coefficient (Wildman–Crippen LogP) is 2.14. The van der Waals surface area contributed by atoms with Gasteiger partial charge >= 0.3 is 0 Å². The van der Waals surface area contributed by atoms with E-state index in [0.29, 0.717) is 13.2 Å². The molecule has 24 heavy (non-hydrogen) atoms. The van der Waals surface area contributed by atoms with Crippen LogP contribution >= 0.6 is 0 Å². The first kappa shape index (κ1) is 17.7. The molecule has 5 nitrogen and oxygen atoms in total. The van der Waals surface area contributed by atoms with E-state index in [2.05, 4.69) is 35.0 Å². The zero-order valence-electron chi connectivity index (χ0n) is 15.0. The lowest BCUT2D eigenvalue weighted by molar-refractivity contribution is -0.0962. The minimum Gasteiger partial charge on any atom is -0.496 e. The molecule has 0 radical (unpaired) electrons. The number of methoxy groups -OCH3 is 1. The maximum absolute atomic E-state index is 5.74. The highest BCUT2D eigenvalue weighted by atomic mass is 16.6. The van der Waals surface area contributed by atoms with Crippen LogP contribution in [-0.4, -0.2) is 69.5 Å². The molecule has 0 aliphatic carbocycles. The summed E-state index contributed by atoms with van der Waals surface area (Å²) in [6.07, 6.45) is 2.81. The fourth-order valence-corrected chi connectivity index (χ4v) is 3.60. The van der Waals surface area contributed by atoms with E-state index in [-0.39, 0.29) is 6.10 Å². The third kappa shape index (κ3) is 4.93. The summed E-state index contributed by atoms with van der Waals surface area (Å²) in [5, 5.41) is 0. The van der Waals surface area contributed by atoms with Crippen LogP contribution in [0.3, 0.4) is 0 Å². The lowest BCUT2D eigenvalue weighted by atomic mass is 10.1. The monoisotopic (exact) mass is 334 g/mol. The van der Waals surface area contributed by atoms with Gasteiger partial charge in [-0.15, -0.1) is 0 Å². The van der Waals surface area contributed by atoms with E-state index in [1.807, 2.05) is 0 Å². The quantitative estimate of drug-likeness (QED) is 0.763. The molecule has 5 heteroatoms. The van der Waals surface area contributed by atoms with Gasteiger partial charge in [0.15, 0.2) is 0 Å². The summed E-state index contributed by atoms with van der Waals surface area (Å²) in [5.74, 6) is 0.998. The maximum Gasteiger partial charge on any atom is 0.123 e. The highest BCUT2D eigenvalue weighted by molar-refractivity contribution is 5.37. The van der Waals surface area contributed by atoms with Crippen LogP contribution in [0.15, 0.2) is 18.2 Å². The Morgan fingerprint density at radius 3 is 2.79 bits per heavy atom. The van der Waals surface area contributed by atoms with Crippen LogP contribution in [-0.2, 0) is 22.6 Å². The van der Waals surface area contributed by atoms with Gasteiger partial charge in [0.2, 0.25) is 0 Å². The third-order valence-electron chi connectivity index (χ3n) is 4.79. The van der Waals surface area contributed by atoms with Crippen LogP contribution in [0.25, 0.3) is 0 Å². The summed E-state index contributed by atoms with van der Waals surface area (Å²) in [6.45, 7) is 7.33. The molecular weight excluding hydrogens is 304 g/mol. The Kier molecular flexibility index (Phi) is 6.49. The number of hydrogen-bond donors (Lipinski definition) is 0. The van der Waals surface area contributed by atoms with Crippen molar-refractivity contribution in [1.29, 1.82) is 0 Å². The van der Waals surface area contributed by atoms with Crippen molar-refractivity contribution < 1.29 is 14.2 Å². The summed E-state index contributed by atoms with van der Waals surface area (Å²) in [5.41, 5.74) is 2.62. The van der Waals surface area contributed by atoms with E-state index in [0.717, 1.165) is 32.0 Å². The fraction of sp³-hybridized carbons (Fsp3) is 0.684. The first-order chi connectivity index (χ1) is 11.7. The van der Waals surface area contributed by atoms with E-state index in [1.54, 1.807) is 7.11 Å². The molecule has 3 rings (SSSR count). The molecule has 1 atom stereocenters. The third-order valence-corrected chi connectivity index (χ3v) is 4.79. The van der Waals surface area contributed by atoms with Gasteiger partial charge in [0.25, 0.3) is 0 Å². The lowest BCUT2D eigenvalue weighted by Crippen LogP contribution is -2.38. The second-order valence-corrected chi connectivity index (χ2v) is 6.89. The zero-order valence-corrected chi connectivity index (χ0v) is 15.0. The molecule has 2 saturated heterocycles. The molecular formula is C19H30N2O3. The molecule has 0 spiro atoms. The van der Waals surface area contributed by atoms with Crippen molar-refractivity contribution in [2.24, 2.45) is 0 Å². The summed E-state index contributed by atoms with van der Waals surface area (Å²) >= 11 is 0. The molecule has 2 aliphatic heterocycles. The average Bonchev–Trinajstić information content (AvgIpc) is 3.09. The maximum atomic E-state index is 5.74. The van der Waals surface area contributed by atoms with Crippen LogP contribution in [0.4, 0.5) is 0 Å². The minimum atomic E-state index is 0.186. The molecule has 1 aromatic rings. The second-order valence-electron chi connectivity index (χ2n) is 6.89. The van der Waals surface area contributed by atoms with Gasteiger partial charge in [0, 0.05) is 25.2 Å². The van der Waals surface area contributed by atoms with Gasteiger partial charge in [-0.1, -0.05) is 6.07 Å². The summed E-state index contributed by atoms with van der Waals surface area (Å²) in [4.78, 5) is 4.82. The standard InChI is InChI=1S/C19H30N2O3/c1-20(14-18-15-23-9-10-24-18)12-16-5-6-19(22-2)17(11-16)13-21-7-3-4-8-21/h5-6,11,18H,3-4,7-10,12-15H2,1-2H3/t18-/m1/s1. The van der Waals surface area contributed by atoms with Crippen molar-refractivity contribution in [1.82, 2.24) is 9.80 Å². The van der Waals surface area contributed by atoms with E-state index < -0.39 is 0 Å². The molecule has 1 aromatic carbocycles. The molecule has 0 amide bonds. The first-order valence-electron chi connectivity index (χ1n) is 9.00. The van der Waals surface area contributed by atoms with Crippen molar-refractivity contribution in [3.05, 3.63) is 29.3 Å². The predicted molar refractivity (Wildman–Crippen MR) is 94.4 cm³/mol. The van der Waals surface area contributed by atoms with Crippen molar-refractivity contribution >= 4 is 0 Å². The van der Waals surface area contributed by atoms with Gasteiger partial charge in [-0.3, -0.25) is 9.80 Å². The first-order valence-corrected chi connectivity index (χ1v) is 9.00. The largest absolute Gasteiger partial charge is 0.496 e. The SMILES string of the molecule is COc1ccc(CN(C)C[C@@H]2COCCO2)cc1CN1CCCC1. The normalized spacial score (nSPS) is 22.2. The number of hydrogen-bond acceptors (Lipinski definition) is 5. The Morgan fingerprint density at radius 2 is 2.08 bits per heavy atom. The summed E-state index contributed by atoms with van der Waals surface area (Å²) in [7, 11) is 3.90. The minimum absolute atomic E-state index is 0.186. The van der Waals surface area contributed by atoms with Crippen LogP contribution in [0.2, 0.25) is 0 Å². The zero-order chi connectivity index (χ0) is 16.8. The number of nitrogens with zero attached hydrogens (tertiary/aromatic N) is 2. The Bertz CT molecular complexity index is 511. The van der Waals surface area contributed by atoms with Crippen molar-refractivity contribution in [3.63, 3.8) is 0 Å². The Balaban J connectivity index is 1.59. The van der Waals surface area contributed by atoms with Crippen LogP contribution in [0, 0.1) is 0 Å². The molecule has 2 heterocycles. The highest BCUT2D eigenvalue weighted by Crippen LogP contribution is 2.24. The molecule has 0 N–H and O–H groups in total. The average molecular weight is 334 g/mol. The van der Waals surface area contributed by atoms with E-state index in [9.17, 15) is 0 Å². The van der Waals surface area contributed by atoms with Crippen molar-refractivity contribution in [2.75, 3.05) is 53.6 Å². The van der Waals surface area contributed by atoms with E-state index in [1.165, 1.54) is 37.1 Å². The van der Waals surface area contributed by atoms with Crippen molar-refractivity contribution in [3.8, 4) is 5.75 Å². The fourth-order valence-electron chi connectivity index (χ4n) is 3.60. The van der Waals surface area contributed by atoms with Crippen molar-refractivity contribution in [2.45, 2.75) is 32.0 Å². The van der Waals surface area contributed by atoms with Crippen LogP contribution in [0.1, 0.15) is 24.0 Å². The number of rotatable bonds is 7. The summed E-state index contributed by atoms with van der Waals surface area (Å²) < 4.78 is 16.8. The molecule has 0 bridgehead atoms. The second kappa shape index (κ2) is 8.81. The molecule has 134 valence electrons. The topological polar surface area (TPSA) is 34.2 Å². The Labute approximate surface area is 145 Å². The van der Waals surface area contributed by atoms with Crippen LogP contribution in [0.5, 0.6) is 5.75 Å². The Hall–Kier alpha value is -1.14. The Morgan fingerprint density at radius 1 is 1.25 bits per heavy atom. The molecule has 0 aromatic heterocycles. The van der Waals surface area contributed by atoms with Gasteiger partial charge < -0.3 is 14.2 Å². The number of likely N-dealkylation sites (tertiary alicyclic amines) is 1. The van der Waals surface area contributed by atoms with Gasteiger partial charge in [0.1, 0.15) is 5.75 Å². The van der Waals surface area contributed by atoms with Gasteiger partial charge in [-0.25, -0.2) is 0 Å².